The summed E-state index contributed by atoms with van der Waals surface area (Å²) in [4.78, 5) is 14.1. The summed E-state index contributed by atoms with van der Waals surface area (Å²) >= 11 is 0. The molecule has 0 fully saturated rings. The van der Waals surface area contributed by atoms with Gasteiger partial charge < -0.3 is 10.2 Å². The lowest BCUT2D eigenvalue weighted by molar-refractivity contribution is -0.116. The van der Waals surface area contributed by atoms with E-state index in [-0.39, 0.29) is 5.91 Å². The van der Waals surface area contributed by atoms with Crippen LogP contribution in [0.5, 0.6) is 0 Å². The molecule has 0 atom stereocenters. The third kappa shape index (κ3) is 5.01. The fraction of sp³-hybridized carbons (Fsp3) is 0.316. The Labute approximate surface area is 133 Å². The van der Waals surface area contributed by atoms with Gasteiger partial charge in [0.1, 0.15) is 0 Å². The number of hydrogen-bond donors (Lipinski definition) is 1. The molecule has 0 radical (unpaired) electrons. The predicted octanol–water partition coefficient (Wildman–Crippen LogP) is 3.76. The molecule has 2 aromatic rings. The van der Waals surface area contributed by atoms with Crippen molar-refractivity contribution in [3.63, 3.8) is 0 Å². The van der Waals surface area contributed by atoms with Gasteiger partial charge in [0, 0.05) is 25.2 Å². The minimum atomic E-state index is 0.0543. The summed E-state index contributed by atoms with van der Waals surface area (Å²) in [5.41, 5.74) is 4.76. The molecule has 0 heterocycles. The Balaban J connectivity index is 1.80. The minimum Gasteiger partial charge on any atom is -0.326 e. The van der Waals surface area contributed by atoms with Gasteiger partial charge in [-0.05, 0) is 44.2 Å². The van der Waals surface area contributed by atoms with Crippen LogP contribution >= 0.6 is 0 Å². The van der Waals surface area contributed by atoms with Crippen LogP contribution in [0.25, 0.3) is 0 Å². The van der Waals surface area contributed by atoms with Crippen LogP contribution in [0.4, 0.5) is 5.69 Å². The molecule has 0 aromatic heterocycles. The summed E-state index contributed by atoms with van der Waals surface area (Å²) in [6, 6.07) is 16.1. The van der Waals surface area contributed by atoms with Crippen molar-refractivity contribution in [1.29, 1.82) is 0 Å². The first-order chi connectivity index (χ1) is 10.5. The lowest BCUT2D eigenvalue weighted by Crippen LogP contribution is -2.24. The quantitative estimate of drug-likeness (QED) is 0.880. The lowest BCUT2D eigenvalue weighted by Gasteiger charge is -2.18. The summed E-state index contributed by atoms with van der Waals surface area (Å²) in [5, 5.41) is 2.91. The lowest BCUT2D eigenvalue weighted by atomic mass is 10.1. The van der Waals surface area contributed by atoms with E-state index in [1.807, 2.05) is 30.3 Å². The molecular weight excluding hydrogens is 272 g/mol. The molecule has 1 N–H and O–H groups in total. The van der Waals surface area contributed by atoms with Crippen molar-refractivity contribution in [2.75, 3.05) is 18.9 Å². The first-order valence-corrected chi connectivity index (χ1v) is 7.64. The van der Waals surface area contributed by atoms with Gasteiger partial charge in [0.25, 0.3) is 0 Å². The minimum absolute atomic E-state index is 0.0543. The smallest absolute Gasteiger partial charge is 0.225 e. The Morgan fingerprint density at radius 1 is 1.09 bits per heavy atom. The summed E-state index contributed by atoms with van der Waals surface area (Å²) in [6.07, 6.45) is 0.496. The van der Waals surface area contributed by atoms with Gasteiger partial charge in [-0.25, -0.2) is 0 Å². The van der Waals surface area contributed by atoms with Crippen LogP contribution in [0.1, 0.15) is 23.1 Å². The van der Waals surface area contributed by atoms with Crippen LogP contribution in [0.15, 0.2) is 48.5 Å². The molecule has 0 aliphatic rings. The van der Waals surface area contributed by atoms with Gasteiger partial charge in [-0.2, -0.15) is 0 Å². The van der Waals surface area contributed by atoms with E-state index < -0.39 is 0 Å². The number of nitrogens with zero attached hydrogens (tertiary/aromatic N) is 1. The first-order valence-electron chi connectivity index (χ1n) is 7.64. The Morgan fingerprint density at radius 3 is 2.50 bits per heavy atom. The van der Waals surface area contributed by atoms with Crippen LogP contribution < -0.4 is 5.32 Å². The van der Waals surface area contributed by atoms with Crippen molar-refractivity contribution < 1.29 is 4.79 Å². The molecular formula is C19H24N2O. The molecule has 116 valence electrons. The van der Waals surface area contributed by atoms with Crippen LogP contribution in [-0.2, 0) is 11.3 Å². The van der Waals surface area contributed by atoms with Gasteiger partial charge in [0.15, 0.2) is 0 Å². The number of anilines is 1. The monoisotopic (exact) mass is 296 g/mol. The maximum atomic E-state index is 11.9. The average Bonchev–Trinajstić information content (AvgIpc) is 2.49. The van der Waals surface area contributed by atoms with E-state index in [0.29, 0.717) is 6.42 Å². The van der Waals surface area contributed by atoms with E-state index in [9.17, 15) is 4.79 Å². The van der Waals surface area contributed by atoms with E-state index in [4.69, 9.17) is 0 Å². The van der Waals surface area contributed by atoms with Crippen molar-refractivity contribution in [1.82, 2.24) is 4.90 Å². The van der Waals surface area contributed by atoms with Crippen LogP contribution in [0, 0.1) is 13.8 Å². The van der Waals surface area contributed by atoms with Crippen molar-refractivity contribution >= 4 is 11.6 Å². The molecule has 0 bridgehead atoms. The van der Waals surface area contributed by atoms with E-state index >= 15 is 0 Å². The molecule has 22 heavy (non-hydrogen) atoms. The highest BCUT2D eigenvalue weighted by atomic mass is 16.1. The number of benzene rings is 2. The number of para-hydroxylation sites is 1. The summed E-state index contributed by atoms with van der Waals surface area (Å²) < 4.78 is 0. The number of aryl methyl sites for hydroxylation is 2. The van der Waals surface area contributed by atoms with Gasteiger partial charge in [0.05, 0.1) is 0 Å². The van der Waals surface area contributed by atoms with Gasteiger partial charge in [-0.15, -0.1) is 0 Å². The number of rotatable bonds is 6. The second-order valence-corrected chi connectivity index (χ2v) is 5.83. The Kier molecular flexibility index (Phi) is 5.73. The summed E-state index contributed by atoms with van der Waals surface area (Å²) in [5.74, 6) is 0.0543. The highest BCUT2D eigenvalue weighted by molar-refractivity contribution is 5.90. The van der Waals surface area contributed by atoms with Gasteiger partial charge in [-0.1, -0.05) is 42.0 Å². The molecule has 0 unspecified atom stereocenters. The van der Waals surface area contributed by atoms with Crippen molar-refractivity contribution in [3.8, 4) is 0 Å². The third-order valence-electron chi connectivity index (χ3n) is 3.72. The molecule has 3 nitrogen and oxygen atoms in total. The zero-order chi connectivity index (χ0) is 15.9. The number of hydrogen-bond acceptors (Lipinski definition) is 2. The molecule has 0 aliphatic carbocycles. The second kappa shape index (κ2) is 7.76. The van der Waals surface area contributed by atoms with Crippen LogP contribution in [0.2, 0.25) is 0 Å². The standard InChI is InChI=1S/C19H24N2O/c1-15-9-10-17(16(2)13-15)14-21(3)12-11-19(22)20-18-7-5-4-6-8-18/h4-10,13H,11-12,14H2,1-3H3,(H,20,22). The van der Waals surface area contributed by atoms with Crippen molar-refractivity contribution in [2.24, 2.45) is 0 Å². The number of amides is 1. The fourth-order valence-corrected chi connectivity index (χ4v) is 2.43. The predicted molar refractivity (Wildman–Crippen MR) is 91.9 cm³/mol. The summed E-state index contributed by atoms with van der Waals surface area (Å²) in [7, 11) is 2.05. The summed E-state index contributed by atoms with van der Waals surface area (Å²) in [6.45, 7) is 5.85. The molecule has 3 heteroatoms. The number of nitrogens with one attached hydrogen (secondary N) is 1. The van der Waals surface area contributed by atoms with Gasteiger partial charge in [0.2, 0.25) is 5.91 Å². The third-order valence-corrected chi connectivity index (χ3v) is 3.72. The molecule has 0 saturated carbocycles. The molecule has 0 saturated heterocycles. The normalized spacial score (nSPS) is 10.7. The van der Waals surface area contributed by atoms with E-state index in [1.54, 1.807) is 0 Å². The average molecular weight is 296 g/mol. The number of carbonyl (C=O) groups is 1. The van der Waals surface area contributed by atoms with Gasteiger partial charge in [-0.3, -0.25) is 4.79 Å². The largest absolute Gasteiger partial charge is 0.326 e. The fourth-order valence-electron chi connectivity index (χ4n) is 2.43. The second-order valence-electron chi connectivity index (χ2n) is 5.83. The van der Waals surface area contributed by atoms with E-state index in [1.165, 1.54) is 16.7 Å². The van der Waals surface area contributed by atoms with Crippen molar-refractivity contribution in [3.05, 3.63) is 65.2 Å². The topological polar surface area (TPSA) is 32.3 Å². The molecule has 2 rings (SSSR count). The Hall–Kier alpha value is -2.13. The zero-order valence-corrected chi connectivity index (χ0v) is 13.6. The SMILES string of the molecule is Cc1ccc(CN(C)CCC(=O)Nc2ccccc2)c(C)c1. The Bertz CT molecular complexity index is 623. The molecule has 1 amide bonds. The Morgan fingerprint density at radius 2 is 1.82 bits per heavy atom. The highest BCUT2D eigenvalue weighted by Crippen LogP contribution is 2.13. The maximum Gasteiger partial charge on any atom is 0.225 e. The van der Waals surface area contributed by atoms with Crippen molar-refractivity contribution in [2.45, 2.75) is 26.8 Å². The van der Waals surface area contributed by atoms with Gasteiger partial charge >= 0.3 is 0 Å². The highest BCUT2D eigenvalue weighted by Gasteiger charge is 2.07. The molecule has 0 aliphatic heterocycles. The van der Waals surface area contributed by atoms with E-state index in [2.05, 4.69) is 49.3 Å². The first kappa shape index (κ1) is 16.2. The number of carbonyl (C=O) groups excluding carboxylic acids is 1. The van der Waals surface area contributed by atoms with Crippen LogP contribution in [0.3, 0.4) is 0 Å². The molecule has 2 aromatic carbocycles. The zero-order valence-electron chi connectivity index (χ0n) is 13.6. The van der Waals surface area contributed by atoms with Crippen LogP contribution in [-0.4, -0.2) is 24.4 Å². The van der Waals surface area contributed by atoms with E-state index in [0.717, 1.165) is 18.8 Å². The maximum absolute atomic E-state index is 11.9. The molecule has 0 spiro atoms.